The summed E-state index contributed by atoms with van der Waals surface area (Å²) in [7, 11) is 0. The quantitative estimate of drug-likeness (QED) is 0.863. The molecule has 5 nitrogen and oxygen atoms in total. The molecule has 132 valence electrons. The molecule has 2 bridgehead atoms. The molecule has 2 saturated heterocycles. The lowest BCUT2D eigenvalue weighted by Crippen LogP contribution is -2.39. The molecule has 2 unspecified atom stereocenters. The van der Waals surface area contributed by atoms with Crippen LogP contribution in [-0.4, -0.2) is 28.2 Å². The standard InChI is InChI=1S/C19H24N4OS/c1-12-2-4-13(5-3-12)11-18-22-23-19(25-18)21-17(24)10-14-8-15-6-7-16(9-14)20-15/h2-5,14-16,20H,6-11H2,1H3,(H,21,23,24). The number of benzene rings is 1. The molecule has 2 fully saturated rings. The number of anilines is 1. The van der Waals surface area contributed by atoms with Gasteiger partial charge in [-0.05, 0) is 44.1 Å². The van der Waals surface area contributed by atoms with Gasteiger partial charge in [-0.2, -0.15) is 0 Å². The number of carbonyl (C=O) groups excluding carboxylic acids is 1. The minimum absolute atomic E-state index is 0.0735. The fourth-order valence-corrected chi connectivity index (χ4v) is 4.82. The third-order valence-electron chi connectivity index (χ3n) is 5.23. The molecule has 1 aromatic heterocycles. The van der Waals surface area contributed by atoms with E-state index in [9.17, 15) is 4.79 Å². The summed E-state index contributed by atoms with van der Waals surface area (Å²) in [5.74, 6) is 0.572. The molecule has 2 atom stereocenters. The maximum atomic E-state index is 12.3. The van der Waals surface area contributed by atoms with Gasteiger partial charge in [-0.25, -0.2) is 0 Å². The Morgan fingerprint density at radius 3 is 2.64 bits per heavy atom. The predicted molar refractivity (Wildman–Crippen MR) is 99.8 cm³/mol. The van der Waals surface area contributed by atoms with Crippen LogP contribution in [0, 0.1) is 12.8 Å². The second kappa shape index (κ2) is 7.22. The number of aromatic nitrogens is 2. The lowest BCUT2D eigenvalue weighted by atomic mass is 9.89. The molecular weight excluding hydrogens is 332 g/mol. The van der Waals surface area contributed by atoms with Crippen molar-refractivity contribution in [1.29, 1.82) is 0 Å². The van der Waals surface area contributed by atoms with E-state index in [0.717, 1.165) is 24.3 Å². The van der Waals surface area contributed by atoms with Gasteiger partial charge in [-0.1, -0.05) is 41.2 Å². The van der Waals surface area contributed by atoms with Crippen molar-refractivity contribution in [3.8, 4) is 0 Å². The monoisotopic (exact) mass is 356 g/mol. The molecule has 0 radical (unpaired) electrons. The lowest BCUT2D eigenvalue weighted by Gasteiger charge is -2.28. The number of nitrogens with one attached hydrogen (secondary N) is 2. The number of piperidine rings is 1. The van der Waals surface area contributed by atoms with Crippen molar-refractivity contribution >= 4 is 22.4 Å². The fourth-order valence-electron chi connectivity index (χ4n) is 4.03. The molecular formula is C19H24N4OS. The van der Waals surface area contributed by atoms with Crippen LogP contribution in [0.15, 0.2) is 24.3 Å². The first-order valence-electron chi connectivity index (χ1n) is 9.08. The van der Waals surface area contributed by atoms with Crippen molar-refractivity contribution in [2.45, 2.75) is 57.5 Å². The molecule has 1 amide bonds. The van der Waals surface area contributed by atoms with Crippen LogP contribution >= 0.6 is 11.3 Å². The summed E-state index contributed by atoms with van der Waals surface area (Å²) < 4.78 is 0. The third kappa shape index (κ3) is 4.25. The largest absolute Gasteiger partial charge is 0.311 e. The molecule has 0 saturated carbocycles. The molecule has 6 heteroatoms. The van der Waals surface area contributed by atoms with Gasteiger partial charge in [0.25, 0.3) is 0 Å². The van der Waals surface area contributed by atoms with E-state index >= 15 is 0 Å². The van der Waals surface area contributed by atoms with E-state index in [4.69, 9.17) is 0 Å². The highest BCUT2D eigenvalue weighted by Crippen LogP contribution is 2.33. The second-order valence-corrected chi connectivity index (χ2v) is 8.45. The van der Waals surface area contributed by atoms with Crippen molar-refractivity contribution in [3.63, 3.8) is 0 Å². The van der Waals surface area contributed by atoms with Crippen LogP contribution in [0.3, 0.4) is 0 Å². The SMILES string of the molecule is Cc1ccc(Cc2nnc(NC(=O)CC3CC4CCC(C3)N4)s2)cc1. The van der Waals surface area contributed by atoms with Gasteiger partial charge < -0.3 is 10.6 Å². The highest BCUT2D eigenvalue weighted by molar-refractivity contribution is 7.15. The Morgan fingerprint density at radius 1 is 1.20 bits per heavy atom. The maximum absolute atomic E-state index is 12.3. The molecule has 2 N–H and O–H groups in total. The van der Waals surface area contributed by atoms with E-state index in [0.29, 0.717) is 29.6 Å². The Labute approximate surface area is 152 Å². The Kier molecular flexibility index (Phi) is 4.81. The molecule has 0 aliphatic carbocycles. The van der Waals surface area contributed by atoms with Gasteiger partial charge in [-0.3, -0.25) is 4.79 Å². The molecule has 1 aromatic carbocycles. The van der Waals surface area contributed by atoms with Gasteiger partial charge in [0.1, 0.15) is 5.01 Å². The molecule has 4 rings (SSSR count). The van der Waals surface area contributed by atoms with Crippen LogP contribution in [0.4, 0.5) is 5.13 Å². The number of hydrogen-bond donors (Lipinski definition) is 2. The molecule has 25 heavy (non-hydrogen) atoms. The summed E-state index contributed by atoms with van der Waals surface area (Å²) in [6, 6.07) is 9.68. The van der Waals surface area contributed by atoms with E-state index < -0.39 is 0 Å². The zero-order valence-electron chi connectivity index (χ0n) is 14.5. The first kappa shape index (κ1) is 16.7. The normalized spacial score (nSPS) is 25.1. The molecule has 0 spiro atoms. The predicted octanol–water partition coefficient (Wildman–Crippen LogP) is 3.30. The first-order valence-corrected chi connectivity index (χ1v) is 9.89. The third-order valence-corrected chi connectivity index (χ3v) is 6.07. The van der Waals surface area contributed by atoms with Crippen molar-refractivity contribution < 1.29 is 4.79 Å². The van der Waals surface area contributed by atoms with E-state index in [1.807, 2.05) is 0 Å². The van der Waals surface area contributed by atoms with Crippen molar-refractivity contribution in [2.75, 3.05) is 5.32 Å². The van der Waals surface area contributed by atoms with E-state index in [1.54, 1.807) is 0 Å². The van der Waals surface area contributed by atoms with Crippen molar-refractivity contribution in [1.82, 2.24) is 15.5 Å². The minimum atomic E-state index is 0.0735. The second-order valence-electron chi connectivity index (χ2n) is 7.39. The van der Waals surface area contributed by atoms with E-state index in [1.165, 1.54) is 35.3 Å². The number of hydrogen-bond acceptors (Lipinski definition) is 5. The molecule has 3 heterocycles. The van der Waals surface area contributed by atoms with E-state index in [-0.39, 0.29) is 5.91 Å². The Bertz CT molecular complexity index is 730. The summed E-state index contributed by atoms with van der Waals surface area (Å²) >= 11 is 1.47. The maximum Gasteiger partial charge on any atom is 0.226 e. The summed E-state index contributed by atoms with van der Waals surface area (Å²) in [6.07, 6.45) is 6.13. The Morgan fingerprint density at radius 2 is 1.92 bits per heavy atom. The first-order chi connectivity index (χ1) is 12.1. The van der Waals surface area contributed by atoms with Gasteiger partial charge in [0.2, 0.25) is 11.0 Å². The Balaban J connectivity index is 1.30. The van der Waals surface area contributed by atoms with Crippen molar-refractivity contribution in [3.05, 3.63) is 40.4 Å². The number of carbonyl (C=O) groups is 1. The summed E-state index contributed by atoms with van der Waals surface area (Å²) in [4.78, 5) is 12.3. The average molecular weight is 356 g/mol. The zero-order valence-corrected chi connectivity index (χ0v) is 15.3. The number of fused-ring (bicyclic) bond motifs is 2. The highest BCUT2D eigenvalue weighted by atomic mass is 32.1. The van der Waals surface area contributed by atoms with Crippen LogP contribution in [0.2, 0.25) is 0 Å². The van der Waals surface area contributed by atoms with E-state index in [2.05, 4.69) is 52.0 Å². The van der Waals surface area contributed by atoms with Gasteiger partial charge in [-0.15, -0.1) is 10.2 Å². The van der Waals surface area contributed by atoms with Crippen LogP contribution in [0.1, 0.15) is 48.2 Å². The van der Waals surface area contributed by atoms with Crippen LogP contribution < -0.4 is 10.6 Å². The topological polar surface area (TPSA) is 66.9 Å². The molecule has 2 aliphatic heterocycles. The summed E-state index contributed by atoms with van der Waals surface area (Å²) in [5.41, 5.74) is 2.46. The fraction of sp³-hybridized carbons (Fsp3) is 0.526. The van der Waals surface area contributed by atoms with Gasteiger partial charge in [0.15, 0.2) is 0 Å². The Hall–Kier alpha value is -1.79. The van der Waals surface area contributed by atoms with Gasteiger partial charge >= 0.3 is 0 Å². The van der Waals surface area contributed by atoms with Crippen LogP contribution in [0.25, 0.3) is 0 Å². The van der Waals surface area contributed by atoms with Gasteiger partial charge in [0, 0.05) is 24.9 Å². The lowest BCUT2D eigenvalue weighted by molar-refractivity contribution is -0.117. The van der Waals surface area contributed by atoms with Crippen LogP contribution in [0.5, 0.6) is 0 Å². The van der Waals surface area contributed by atoms with Crippen LogP contribution in [-0.2, 0) is 11.2 Å². The number of rotatable bonds is 5. The molecule has 2 aliphatic rings. The highest BCUT2D eigenvalue weighted by Gasteiger charge is 2.34. The number of amides is 1. The minimum Gasteiger partial charge on any atom is -0.311 e. The van der Waals surface area contributed by atoms with Gasteiger partial charge in [0.05, 0.1) is 0 Å². The number of nitrogens with zero attached hydrogens (tertiary/aromatic N) is 2. The van der Waals surface area contributed by atoms with Crippen molar-refractivity contribution in [2.24, 2.45) is 5.92 Å². The average Bonchev–Trinajstić information content (AvgIpc) is 3.15. The molecule has 2 aromatic rings. The zero-order chi connectivity index (χ0) is 17.2. The summed E-state index contributed by atoms with van der Waals surface area (Å²) in [6.45, 7) is 2.08. The number of aryl methyl sites for hydroxylation is 1. The smallest absolute Gasteiger partial charge is 0.226 e. The summed E-state index contributed by atoms with van der Waals surface area (Å²) in [5, 5.41) is 16.4.